The Balaban J connectivity index is 2.24. The van der Waals surface area contributed by atoms with Gasteiger partial charge in [0.15, 0.2) is 11.6 Å². The fourth-order valence-corrected chi connectivity index (χ4v) is 2.87. The van der Waals surface area contributed by atoms with Crippen LogP contribution in [-0.4, -0.2) is 10.1 Å². The molecule has 100 valence electrons. The molecule has 0 bridgehead atoms. The van der Waals surface area contributed by atoms with Gasteiger partial charge in [-0.05, 0) is 46.9 Å². The molecule has 0 radical (unpaired) electrons. The number of hydrogen-bond donors (Lipinski definition) is 1. The Kier molecular flexibility index (Phi) is 3.75. The molecule has 0 aliphatic rings. The molecule has 2 aromatic heterocycles. The van der Waals surface area contributed by atoms with E-state index in [-0.39, 0.29) is 0 Å². The molecule has 6 heteroatoms. The maximum atomic E-state index is 5.95. The van der Waals surface area contributed by atoms with Gasteiger partial charge in [0.05, 0.1) is 5.56 Å². The Morgan fingerprint density at radius 1 is 1.25 bits per heavy atom. The smallest absolute Gasteiger partial charge is 0.178 e. The van der Waals surface area contributed by atoms with Crippen molar-refractivity contribution in [3.8, 4) is 22.5 Å². The van der Waals surface area contributed by atoms with E-state index in [2.05, 4.69) is 48.7 Å². The second-order valence-electron chi connectivity index (χ2n) is 4.14. The van der Waals surface area contributed by atoms with E-state index in [1.807, 2.05) is 30.3 Å². The second kappa shape index (κ2) is 5.53. The lowest BCUT2D eigenvalue weighted by Crippen LogP contribution is -1.90. The highest BCUT2D eigenvalue weighted by atomic mass is 127. The Morgan fingerprint density at radius 2 is 2.10 bits per heavy atom. The van der Waals surface area contributed by atoms with E-state index >= 15 is 0 Å². The minimum absolute atomic E-state index is 0.360. The predicted molar refractivity (Wildman–Crippen MR) is 90.0 cm³/mol. The first kappa shape index (κ1) is 13.6. The van der Waals surface area contributed by atoms with Crippen LogP contribution < -0.4 is 5.73 Å². The third-order valence-corrected chi connectivity index (χ3v) is 4.20. The zero-order chi connectivity index (χ0) is 14.1. The van der Waals surface area contributed by atoms with Crippen LogP contribution in [0.5, 0.6) is 0 Å². The summed E-state index contributed by atoms with van der Waals surface area (Å²) in [7, 11) is 0. The van der Waals surface area contributed by atoms with Crippen LogP contribution in [-0.2, 0) is 0 Å². The Hall–Kier alpha value is -1.41. The lowest BCUT2D eigenvalue weighted by Gasteiger charge is -2.05. The van der Waals surface area contributed by atoms with Crippen LogP contribution in [0.2, 0.25) is 0 Å². The molecule has 2 heterocycles. The normalized spacial score (nSPS) is 10.7. The SMILES string of the molecule is Nc1noc(-c2cc(I)ccc2Br)c1-c1cccnc1. The van der Waals surface area contributed by atoms with E-state index in [1.54, 1.807) is 12.4 Å². The van der Waals surface area contributed by atoms with E-state index in [4.69, 9.17) is 10.3 Å². The molecular weight excluding hydrogens is 433 g/mol. The van der Waals surface area contributed by atoms with Gasteiger partial charge in [-0.1, -0.05) is 27.2 Å². The van der Waals surface area contributed by atoms with Crippen molar-refractivity contribution in [1.29, 1.82) is 0 Å². The van der Waals surface area contributed by atoms with Crippen molar-refractivity contribution in [1.82, 2.24) is 10.1 Å². The Morgan fingerprint density at radius 3 is 2.85 bits per heavy atom. The number of hydrogen-bond acceptors (Lipinski definition) is 4. The van der Waals surface area contributed by atoms with Crippen molar-refractivity contribution in [2.45, 2.75) is 0 Å². The van der Waals surface area contributed by atoms with E-state index in [0.29, 0.717) is 11.6 Å². The van der Waals surface area contributed by atoms with Crippen molar-refractivity contribution in [3.63, 3.8) is 0 Å². The molecule has 0 spiro atoms. The summed E-state index contributed by atoms with van der Waals surface area (Å²) < 4.78 is 7.47. The number of halogens is 2. The minimum atomic E-state index is 0.360. The highest BCUT2D eigenvalue weighted by Crippen LogP contribution is 2.39. The van der Waals surface area contributed by atoms with Crippen LogP contribution in [0.15, 0.2) is 51.7 Å². The number of rotatable bonds is 2. The number of benzene rings is 1. The van der Waals surface area contributed by atoms with Crippen molar-refractivity contribution in [2.24, 2.45) is 0 Å². The molecule has 0 aliphatic heterocycles. The molecule has 3 aromatic rings. The maximum absolute atomic E-state index is 5.95. The number of nitrogens with two attached hydrogens (primary N) is 1. The average molecular weight is 442 g/mol. The number of aromatic nitrogens is 2. The van der Waals surface area contributed by atoms with Crippen LogP contribution in [0, 0.1) is 3.57 Å². The topological polar surface area (TPSA) is 64.9 Å². The summed E-state index contributed by atoms with van der Waals surface area (Å²) in [6, 6.07) is 9.79. The number of nitrogen functional groups attached to an aromatic ring is 1. The van der Waals surface area contributed by atoms with Crippen LogP contribution in [0.25, 0.3) is 22.5 Å². The zero-order valence-corrected chi connectivity index (χ0v) is 13.9. The molecule has 20 heavy (non-hydrogen) atoms. The molecule has 4 nitrogen and oxygen atoms in total. The van der Waals surface area contributed by atoms with Crippen molar-refractivity contribution >= 4 is 44.3 Å². The summed E-state index contributed by atoms with van der Waals surface area (Å²) >= 11 is 5.79. The van der Waals surface area contributed by atoms with Gasteiger partial charge in [-0.15, -0.1) is 0 Å². The summed E-state index contributed by atoms with van der Waals surface area (Å²) in [5.74, 6) is 1.000. The molecule has 0 aliphatic carbocycles. The van der Waals surface area contributed by atoms with Crippen molar-refractivity contribution in [3.05, 3.63) is 50.8 Å². The van der Waals surface area contributed by atoms with Gasteiger partial charge >= 0.3 is 0 Å². The third kappa shape index (κ3) is 2.45. The van der Waals surface area contributed by atoms with E-state index in [9.17, 15) is 0 Å². The molecular formula is C14H9BrIN3O. The largest absolute Gasteiger partial charge is 0.380 e. The molecule has 1 aromatic carbocycles. The number of nitrogens with zero attached hydrogens (tertiary/aromatic N) is 2. The van der Waals surface area contributed by atoms with Crippen LogP contribution in [0.4, 0.5) is 5.82 Å². The van der Waals surface area contributed by atoms with Crippen LogP contribution in [0.1, 0.15) is 0 Å². The van der Waals surface area contributed by atoms with Crippen LogP contribution >= 0.6 is 38.5 Å². The average Bonchev–Trinajstić information content (AvgIpc) is 2.84. The molecule has 0 saturated carbocycles. The lowest BCUT2D eigenvalue weighted by molar-refractivity contribution is 0.436. The van der Waals surface area contributed by atoms with E-state index in [0.717, 1.165) is 24.7 Å². The van der Waals surface area contributed by atoms with Crippen molar-refractivity contribution in [2.75, 3.05) is 5.73 Å². The van der Waals surface area contributed by atoms with Crippen LogP contribution in [0.3, 0.4) is 0 Å². The Bertz CT molecular complexity index is 758. The Labute approximate surface area is 137 Å². The standard InChI is InChI=1S/C14H9BrIN3O/c15-11-4-3-9(16)6-10(11)13-12(14(17)19-20-13)8-2-1-5-18-7-8/h1-7H,(H2,17,19). The molecule has 2 N–H and O–H groups in total. The van der Waals surface area contributed by atoms with Gasteiger partial charge < -0.3 is 10.3 Å². The third-order valence-electron chi connectivity index (χ3n) is 2.84. The molecule has 0 amide bonds. The summed E-state index contributed by atoms with van der Waals surface area (Å²) in [5.41, 5.74) is 8.51. The monoisotopic (exact) mass is 441 g/mol. The predicted octanol–water partition coefficient (Wildman–Crippen LogP) is 4.35. The van der Waals surface area contributed by atoms with Gasteiger partial charge in [-0.3, -0.25) is 4.98 Å². The van der Waals surface area contributed by atoms with Crippen molar-refractivity contribution < 1.29 is 4.52 Å². The van der Waals surface area contributed by atoms with Gasteiger partial charge in [0, 0.05) is 31.6 Å². The molecule has 0 atom stereocenters. The summed E-state index contributed by atoms with van der Waals surface area (Å²) in [6.45, 7) is 0. The van der Waals surface area contributed by atoms with E-state index in [1.165, 1.54) is 0 Å². The first-order chi connectivity index (χ1) is 9.66. The van der Waals surface area contributed by atoms with Gasteiger partial charge in [-0.2, -0.15) is 0 Å². The second-order valence-corrected chi connectivity index (χ2v) is 6.24. The minimum Gasteiger partial charge on any atom is -0.380 e. The molecule has 0 unspecified atom stereocenters. The lowest BCUT2D eigenvalue weighted by atomic mass is 10.0. The fourth-order valence-electron chi connectivity index (χ4n) is 1.95. The summed E-state index contributed by atoms with van der Waals surface area (Å²) in [6.07, 6.45) is 3.46. The molecule has 0 fully saturated rings. The first-order valence-electron chi connectivity index (χ1n) is 5.78. The first-order valence-corrected chi connectivity index (χ1v) is 7.65. The zero-order valence-electron chi connectivity index (χ0n) is 10.2. The highest BCUT2D eigenvalue weighted by Gasteiger charge is 2.19. The highest BCUT2D eigenvalue weighted by molar-refractivity contribution is 14.1. The van der Waals surface area contributed by atoms with Gasteiger partial charge in [0.1, 0.15) is 0 Å². The molecule has 0 saturated heterocycles. The fraction of sp³-hybridized carbons (Fsp3) is 0. The number of anilines is 1. The summed E-state index contributed by atoms with van der Waals surface area (Å²) in [4.78, 5) is 4.12. The van der Waals surface area contributed by atoms with Gasteiger partial charge in [-0.25, -0.2) is 0 Å². The maximum Gasteiger partial charge on any atom is 0.178 e. The molecule has 3 rings (SSSR count). The van der Waals surface area contributed by atoms with E-state index < -0.39 is 0 Å². The summed E-state index contributed by atoms with van der Waals surface area (Å²) in [5, 5.41) is 3.89. The quantitative estimate of drug-likeness (QED) is 0.600. The van der Waals surface area contributed by atoms with Gasteiger partial charge in [0.25, 0.3) is 0 Å². The number of pyridine rings is 1. The van der Waals surface area contributed by atoms with Gasteiger partial charge in [0.2, 0.25) is 0 Å².